The highest BCUT2D eigenvalue weighted by Crippen LogP contribution is 2.27. The van der Waals surface area contributed by atoms with Crippen LogP contribution in [-0.4, -0.2) is 32.6 Å². The monoisotopic (exact) mass is 341 g/mol. The van der Waals surface area contributed by atoms with Crippen molar-refractivity contribution in [3.05, 3.63) is 23.8 Å². The molecule has 7 heteroatoms. The van der Waals surface area contributed by atoms with Crippen molar-refractivity contribution in [3.63, 3.8) is 0 Å². The van der Waals surface area contributed by atoms with Crippen LogP contribution in [0.25, 0.3) is 0 Å². The van der Waals surface area contributed by atoms with Crippen molar-refractivity contribution in [2.45, 2.75) is 38.0 Å². The predicted molar refractivity (Wildman–Crippen MR) is 86.0 cm³/mol. The van der Waals surface area contributed by atoms with E-state index < -0.39 is 21.9 Å². The van der Waals surface area contributed by atoms with E-state index in [0.29, 0.717) is 13.0 Å². The molecule has 0 aromatic heterocycles. The fourth-order valence-corrected chi connectivity index (χ4v) is 3.77. The standard InChI is InChI=1S/C16H23NO5S/c1-11(2)8-13(16(18)19)10-17-23(20,21)14-5-6-15-12(9-14)4-3-7-22-15/h5-6,9,11,13,17H,3-4,7-8,10H2,1-2H3,(H,18,19). The van der Waals surface area contributed by atoms with E-state index in [1.54, 1.807) is 12.1 Å². The Balaban J connectivity index is 2.10. The average Bonchev–Trinajstić information content (AvgIpc) is 2.50. The first-order chi connectivity index (χ1) is 10.8. The molecule has 1 unspecified atom stereocenters. The molecule has 1 atom stereocenters. The first-order valence-corrected chi connectivity index (χ1v) is 9.26. The summed E-state index contributed by atoms with van der Waals surface area (Å²) in [5, 5.41) is 9.20. The molecule has 1 aliphatic heterocycles. The molecule has 1 aromatic carbocycles. The van der Waals surface area contributed by atoms with Crippen molar-refractivity contribution in [1.29, 1.82) is 0 Å². The smallest absolute Gasteiger partial charge is 0.307 e. The number of carboxylic acids is 1. The van der Waals surface area contributed by atoms with Gasteiger partial charge in [0.2, 0.25) is 10.0 Å². The average molecular weight is 341 g/mol. The van der Waals surface area contributed by atoms with E-state index in [1.807, 2.05) is 13.8 Å². The van der Waals surface area contributed by atoms with Gasteiger partial charge in [-0.2, -0.15) is 0 Å². The van der Waals surface area contributed by atoms with Crippen molar-refractivity contribution in [3.8, 4) is 5.75 Å². The van der Waals surface area contributed by atoms with Crippen molar-refractivity contribution < 1.29 is 23.1 Å². The molecule has 2 N–H and O–H groups in total. The number of hydrogen-bond acceptors (Lipinski definition) is 4. The Morgan fingerprint density at radius 1 is 1.39 bits per heavy atom. The fourth-order valence-electron chi connectivity index (χ4n) is 2.64. The summed E-state index contributed by atoms with van der Waals surface area (Å²) in [6, 6.07) is 4.76. The van der Waals surface area contributed by atoms with Gasteiger partial charge >= 0.3 is 5.97 Å². The number of nitrogens with one attached hydrogen (secondary N) is 1. The maximum Gasteiger partial charge on any atom is 0.307 e. The molecule has 0 saturated heterocycles. The van der Waals surface area contributed by atoms with E-state index in [-0.39, 0.29) is 17.4 Å². The lowest BCUT2D eigenvalue weighted by Crippen LogP contribution is -2.33. The summed E-state index contributed by atoms with van der Waals surface area (Å²) in [6.07, 6.45) is 2.07. The van der Waals surface area contributed by atoms with Crippen LogP contribution in [0.3, 0.4) is 0 Å². The van der Waals surface area contributed by atoms with Crippen LogP contribution in [0.4, 0.5) is 0 Å². The van der Waals surface area contributed by atoms with E-state index >= 15 is 0 Å². The van der Waals surface area contributed by atoms with Crippen LogP contribution in [0.1, 0.15) is 32.3 Å². The van der Waals surface area contributed by atoms with Crippen molar-refractivity contribution >= 4 is 16.0 Å². The quantitative estimate of drug-likeness (QED) is 0.792. The fraction of sp³-hybridized carbons (Fsp3) is 0.562. The summed E-state index contributed by atoms with van der Waals surface area (Å²) in [7, 11) is -3.73. The minimum atomic E-state index is -3.73. The number of rotatable bonds is 7. The van der Waals surface area contributed by atoms with Gasteiger partial charge in [0, 0.05) is 6.54 Å². The van der Waals surface area contributed by atoms with Crippen LogP contribution in [-0.2, 0) is 21.2 Å². The normalized spacial score (nSPS) is 15.8. The van der Waals surface area contributed by atoms with Gasteiger partial charge in [0.05, 0.1) is 17.4 Å². The van der Waals surface area contributed by atoms with E-state index in [0.717, 1.165) is 24.2 Å². The van der Waals surface area contributed by atoms with Gasteiger partial charge in [0.15, 0.2) is 0 Å². The lowest BCUT2D eigenvalue weighted by molar-refractivity contribution is -0.142. The molecule has 0 bridgehead atoms. The number of hydrogen-bond donors (Lipinski definition) is 2. The number of carbonyl (C=O) groups is 1. The Hall–Kier alpha value is -1.60. The number of ether oxygens (including phenoxy) is 1. The van der Waals surface area contributed by atoms with Gasteiger partial charge in [-0.15, -0.1) is 0 Å². The highest BCUT2D eigenvalue weighted by atomic mass is 32.2. The Labute approximate surface area is 136 Å². The van der Waals surface area contributed by atoms with E-state index in [9.17, 15) is 18.3 Å². The Morgan fingerprint density at radius 3 is 2.78 bits per heavy atom. The topological polar surface area (TPSA) is 92.7 Å². The lowest BCUT2D eigenvalue weighted by Gasteiger charge is -2.19. The maximum atomic E-state index is 12.4. The maximum absolute atomic E-state index is 12.4. The second-order valence-electron chi connectivity index (χ2n) is 6.24. The number of aliphatic carboxylic acids is 1. The zero-order chi connectivity index (χ0) is 17.0. The highest BCUT2D eigenvalue weighted by molar-refractivity contribution is 7.89. The number of sulfonamides is 1. The molecular weight excluding hydrogens is 318 g/mol. The van der Waals surface area contributed by atoms with E-state index in [2.05, 4.69) is 4.72 Å². The molecule has 128 valence electrons. The molecule has 6 nitrogen and oxygen atoms in total. The predicted octanol–water partition coefficient (Wildman–Crippen LogP) is 2.04. The third-order valence-corrected chi connectivity index (χ3v) is 5.24. The molecule has 23 heavy (non-hydrogen) atoms. The van der Waals surface area contributed by atoms with Crippen molar-refractivity contribution in [1.82, 2.24) is 4.72 Å². The number of fused-ring (bicyclic) bond motifs is 1. The van der Waals surface area contributed by atoms with E-state index in [1.165, 1.54) is 6.07 Å². The van der Waals surface area contributed by atoms with Crippen molar-refractivity contribution in [2.24, 2.45) is 11.8 Å². The largest absolute Gasteiger partial charge is 0.493 e. The van der Waals surface area contributed by atoms with Gasteiger partial charge in [-0.05, 0) is 48.9 Å². The van der Waals surface area contributed by atoms with Crippen LogP contribution >= 0.6 is 0 Å². The summed E-state index contributed by atoms with van der Waals surface area (Å²) >= 11 is 0. The summed E-state index contributed by atoms with van der Waals surface area (Å²) in [5.41, 5.74) is 0.871. The minimum Gasteiger partial charge on any atom is -0.493 e. The van der Waals surface area contributed by atoms with Crippen LogP contribution < -0.4 is 9.46 Å². The summed E-state index contributed by atoms with van der Waals surface area (Å²) in [6.45, 7) is 4.36. The highest BCUT2D eigenvalue weighted by Gasteiger charge is 2.23. The SMILES string of the molecule is CC(C)CC(CNS(=O)(=O)c1ccc2c(c1)CCCO2)C(=O)O. The second-order valence-corrected chi connectivity index (χ2v) is 8.01. The number of carboxylic acid groups (broad SMARTS) is 1. The third-order valence-electron chi connectivity index (χ3n) is 3.82. The Morgan fingerprint density at radius 2 is 2.13 bits per heavy atom. The van der Waals surface area contributed by atoms with Gasteiger partial charge in [0.1, 0.15) is 5.75 Å². The first-order valence-electron chi connectivity index (χ1n) is 7.78. The number of benzene rings is 1. The van der Waals surface area contributed by atoms with Gasteiger partial charge in [-0.1, -0.05) is 13.8 Å². The zero-order valence-electron chi connectivity index (χ0n) is 13.4. The first kappa shape index (κ1) is 17.7. The van der Waals surface area contributed by atoms with E-state index in [4.69, 9.17) is 4.74 Å². The molecule has 1 heterocycles. The minimum absolute atomic E-state index is 0.108. The molecule has 0 radical (unpaired) electrons. The van der Waals surface area contributed by atoms with Gasteiger partial charge in [-0.25, -0.2) is 13.1 Å². The molecule has 2 rings (SSSR count). The Bertz CT molecular complexity index is 669. The molecule has 0 saturated carbocycles. The second kappa shape index (κ2) is 7.31. The molecular formula is C16H23NO5S. The molecule has 0 amide bonds. The summed E-state index contributed by atoms with van der Waals surface area (Å²) in [4.78, 5) is 11.4. The van der Waals surface area contributed by atoms with Gasteiger partial charge < -0.3 is 9.84 Å². The van der Waals surface area contributed by atoms with Gasteiger partial charge in [0.25, 0.3) is 0 Å². The molecule has 0 aliphatic carbocycles. The molecule has 0 spiro atoms. The molecule has 1 aromatic rings. The molecule has 0 fully saturated rings. The zero-order valence-corrected chi connectivity index (χ0v) is 14.2. The van der Waals surface area contributed by atoms with Crippen LogP contribution in [0.5, 0.6) is 5.75 Å². The molecule has 1 aliphatic rings. The number of aryl methyl sites for hydroxylation is 1. The lowest BCUT2D eigenvalue weighted by atomic mass is 9.98. The van der Waals surface area contributed by atoms with Crippen LogP contribution in [0.15, 0.2) is 23.1 Å². The van der Waals surface area contributed by atoms with Crippen LogP contribution in [0, 0.1) is 11.8 Å². The Kier molecular flexibility index (Phi) is 5.64. The third kappa shape index (κ3) is 4.68. The van der Waals surface area contributed by atoms with Crippen molar-refractivity contribution in [2.75, 3.05) is 13.2 Å². The van der Waals surface area contributed by atoms with Crippen LogP contribution in [0.2, 0.25) is 0 Å². The van der Waals surface area contributed by atoms with Gasteiger partial charge in [-0.3, -0.25) is 4.79 Å². The summed E-state index contributed by atoms with van der Waals surface area (Å²) < 4.78 is 32.7. The summed E-state index contributed by atoms with van der Waals surface area (Å²) in [5.74, 6) is -0.814.